The molecule has 2 aromatic heterocycles. The van der Waals surface area contributed by atoms with Crippen LogP contribution < -0.4 is 5.84 Å². The third kappa shape index (κ3) is 4.20. The Morgan fingerprint density at radius 2 is 2.00 bits per heavy atom. The molecular weight excluding hydrogens is 348 g/mol. The van der Waals surface area contributed by atoms with Gasteiger partial charge in [-0.05, 0) is 24.6 Å². The highest BCUT2D eigenvalue weighted by Crippen LogP contribution is 2.21. The first kappa shape index (κ1) is 17.9. The van der Waals surface area contributed by atoms with Crippen molar-refractivity contribution in [1.29, 1.82) is 0 Å². The smallest absolute Gasteiger partial charge is 0.233 e. The maximum Gasteiger partial charge on any atom is 0.233 e. The summed E-state index contributed by atoms with van der Waals surface area (Å²) in [5, 5.41) is 8.68. The molecule has 26 heavy (non-hydrogen) atoms. The molecular formula is C18H20N6OS. The fraction of sp³-hybridized carbons (Fsp3) is 0.222. The van der Waals surface area contributed by atoms with Crippen LogP contribution in [0.25, 0.3) is 11.4 Å². The van der Waals surface area contributed by atoms with Crippen molar-refractivity contribution >= 4 is 17.7 Å². The normalized spacial score (nSPS) is 10.7. The summed E-state index contributed by atoms with van der Waals surface area (Å²) < 4.78 is 1.39. The summed E-state index contributed by atoms with van der Waals surface area (Å²) in [7, 11) is 0. The molecule has 0 aliphatic heterocycles. The molecule has 0 saturated carbocycles. The second-order valence-corrected chi connectivity index (χ2v) is 6.54. The van der Waals surface area contributed by atoms with Crippen LogP contribution >= 0.6 is 11.8 Å². The van der Waals surface area contributed by atoms with Crippen LogP contribution in [0.1, 0.15) is 12.5 Å². The lowest BCUT2D eigenvalue weighted by atomic mass is 10.2. The molecule has 0 atom stereocenters. The first-order valence-corrected chi connectivity index (χ1v) is 9.23. The van der Waals surface area contributed by atoms with Crippen LogP contribution in [-0.2, 0) is 11.3 Å². The van der Waals surface area contributed by atoms with Gasteiger partial charge in [0.05, 0.1) is 5.75 Å². The number of benzene rings is 1. The summed E-state index contributed by atoms with van der Waals surface area (Å²) in [6.45, 7) is 3.20. The van der Waals surface area contributed by atoms with Gasteiger partial charge in [-0.25, -0.2) is 4.68 Å². The maximum atomic E-state index is 12.5. The van der Waals surface area contributed by atoms with Crippen molar-refractivity contribution in [2.24, 2.45) is 0 Å². The fourth-order valence-electron chi connectivity index (χ4n) is 2.47. The van der Waals surface area contributed by atoms with Gasteiger partial charge >= 0.3 is 0 Å². The molecule has 7 nitrogen and oxygen atoms in total. The van der Waals surface area contributed by atoms with Gasteiger partial charge in [0.2, 0.25) is 11.1 Å². The molecule has 2 N–H and O–H groups in total. The third-order valence-corrected chi connectivity index (χ3v) is 4.79. The average molecular weight is 368 g/mol. The van der Waals surface area contributed by atoms with Gasteiger partial charge in [0, 0.05) is 31.0 Å². The number of hydrogen-bond acceptors (Lipinski definition) is 6. The van der Waals surface area contributed by atoms with E-state index >= 15 is 0 Å². The Morgan fingerprint density at radius 1 is 1.19 bits per heavy atom. The Balaban J connectivity index is 1.63. The summed E-state index contributed by atoms with van der Waals surface area (Å²) in [6.07, 6.45) is 3.35. The third-order valence-electron chi connectivity index (χ3n) is 3.86. The molecule has 0 spiro atoms. The van der Waals surface area contributed by atoms with E-state index in [-0.39, 0.29) is 11.7 Å². The van der Waals surface area contributed by atoms with Crippen molar-refractivity contribution in [2.45, 2.75) is 18.6 Å². The zero-order valence-electron chi connectivity index (χ0n) is 14.4. The van der Waals surface area contributed by atoms with Gasteiger partial charge in [-0.15, -0.1) is 10.2 Å². The molecule has 134 valence electrons. The minimum absolute atomic E-state index is 0.0345. The molecule has 0 saturated heterocycles. The van der Waals surface area contributed by atoms with Gasteiger partial charge in [0.1, 0.15) is 0 Å². The fourth-order valence-corrected chi connectivity index (χ4v) is 3.22. The molecule has 0 unspecified atom stereocenters. The number of hydrogen-bond donors (Lipinski definition) is 1. The van der Waals surface area contributed by atoms with Crippen molar-refractivity contribution in [3.05, 3.63) is 60.4 Å². The molecule has 0 aliphatic rings. The first-order chi connectivity index (χ1) is 12.7. The minimum atomic E-state index is 0.0345. The number of nitrogen functional groups attached to an aromatic ring is 1. The Hall–Kier alpha value is -2.87. The summed E-state index contributed by atoms with van der Waals surface area (Å²) in [4.78, 5) is 18.4. The number of pyridine rings is 1. The monoisotopic (exact) mass is 368 g/mol. The number of thioether (sulfide) groups is 1. The zero-order valence-corrected chi connectivity index (χ0v) is 15.3. The summed E-state index contributed by atoms with van der Waals surface area (Å²) >= 11 is 1.28. The van der Waals surface area contributed by atoms with Gasteiger partial charge in [-0.2, -0.15) is 0 Å². The van der Waals surface area contributed by atoms with E-state index in [0.717, 1.165) is 11.1 Å². The average Bonchev–Trinajstić information content (AvgIpc) is 3.06. The number of aromatic nitrogens is 4. The van der Waals surface area contributed by atoms with Gasteiger partial charge in [0.25, 0.3) is 0 Å². The highest BCUT2D eigenvalue weighted by atomic mass is 32.2. The molecule has 3 rings (SSSR count). The molecule has 0 fully saturated rings. The molecule has 0 aliphatic carbocycles. The van der Waals surface area contributed by atoms with Crippen molar-refractivity contribution in [3.8, 4) is 11.4 Å². The Kier molecular flexibility index (Phi) is 5.85. The second-order valence-electron chi connectivity index (χ2n) is 5.60. The minimum Gasteiger partial charge on any atom is -0.338 e. The van der Waals surface area contributed by atoms with Crippen LogP contribution in [0, 0.1) is 0 Å². The lowest BCUT2D eigenvalue weighted by Gasteiger charge is -2.20. The molecule has 2 heterocycles. The topological polar surface area (TPSA) is 89.9 Å². The van der Waals surface area contributed by atoms with Crippen molar-refractivity contribution in [3.63, 3.8) is 0 Å². The first-order valence-electron chi connectivity index (χ1n) is 8.24. The van der Waals surface area contributed by atoms with Gasteiger partial charge in [0.15, 0.2) is 5.82 Å². The second kappa shape index (κ2) is 8.48. The summed E-state index contributed by atoms with van der Waals surface area (Å²) in [5.74, 6) is 6.88. The molecule has 1 amide bonds. The predicted molar refractivity (Wildman–Crippen MR) is 102 cm³/mol. The van der Waals surface area contributed by atoms with E-state index in [4.69, 9.17) is 5.84 Å². The van der Waals surface area contributed by atoms with E-state index < -0.39 is 0 Å². The van der Waals surface area contributed by atoms with Crippen LogP contribution in [-0.4, -0.2) is 43.0 Å². The molecule has 3 aromatic rings. The van der Waals surface area contributed by atoms with Crippen LogP contribution in [0.2, 0.25) is 0 Å². The Bertz CT molecular complexity index is 853. The molecule has 0 bridgehead atoms. The number of carbonyl (C=O) groups excluding carboxylic acids is 1. The Morgan fingerprint density at radius 3 is 2.69 bits per heavy atom. The van der Waals surface area contributed by atoms with E-state index in [0.29, 0.717) is 24.1 Å². The van der Waals surface area contributed by atoms with Crippen molar-refractivity contribution in [1.82, 2.24) is 24.8 Å². The van der Waals surface area contributed by atoms with E-state index in [1.165, 1.54) is 16.4 Å². The van der Waals surface area contributed by atoms with Crippen LogP contribution in [0.4, 0.5) is 0 Å². The standard InChI is InChI=1S/C18H20N6OS/c1-2-23(12-14-7-4-3-5-8-14)16(25)13-26-18-22-21-17(24(18)19)15-9-6-10-20-11-15/h3-11H,2,12-13,19H2,1H3. The highest BCUT2D eigenvalue weighted by Gasteiger charge is 2.17. The lowest BCUT2D eigenvalue weighted by Crippen LogP contribution is -2.31. The molecule has 0 radical (unpaired) electrons. The van der Waals surface area contributed by atoms with Gasteiger partial charge < -0.3 is 10.7 Å². The largest absolute Gasteiger partial charge is 0.338 e. The summed E-state index contributed by atoms with van der Waals surface area (Å²) in [6, 6.07) is 13.6. The van der Waals surface area contributed by atoms with E-state index in [1.54, 1.807) is 12.4 Å². The molecule has 1 aromatic carbocycles. The maximum absolute atomic E-state index is 12.5. The number of nitrogens with two attached hydrogens (primary N) is 1. The molecule has 8 heteroatoms. The predicted octanol–water partition coefficient (Wildman–Crippen LogP) is 2.19. The summed E-state index contributed by atoms with van der Waals surface area (Å²) in [5.41, 5.74) is 1.88. The SMILES string of the molecule is CCN(Cc1ccccc1)C(=O)CSc1nnc(-c2cccnc2)n1N. The number of carbonyl (C=O) groups is 1. The number of rotatable bonds is 7. The van der Waals surface area contributed by atoms with Crippen LogP contribution in [0.3, 0.4) is 0 Å². The van der Waals surface area contributed by atoms with Gasteiger partial charge in [-0.1, -0.05) is 42.1 Å². The lowest BCUT2D eigenvalue weighted by molar-refractivity contribution is -0.128. The van der Waals surface area contributed by atoms with Gasteiger partial charge in [-0.3, -0.25) is 9.78 Å². The van der Waals surface area contributed by atoms with Crippen LogP contribution in [0.5, 0.6) is 0 Å². The number of amides is 1. The Labute approximate surface area is 156 Å². The van der Waals surface area contributed by atoms with E-state index in [1.807, 2.05) is 54.3 Å². The number of nitrogens with zero attached hydrogens (tertiary/aromatic N) is 5. The van der Waals surface area contributed by atoms with E-state index in [9.17, 15) is 4.79 Å². The van der Waals surface area contributed by atoms with E-state index in [2.05, 4.69) is 15.2 Å². The highest BCUT2D eigenvalue weighted by molar-refractivity contribution is 7.99. The van der Waals surface area contributed by atoms with Crippen LogP contribution in [0.15, 0.2) is 60.0 Å². The van der Waals surface area contributed by atoms with Crippen molar-refractivity contribution < 1.29 is 4.79 Å². The zero-order chi connectivity index (χ0) is 18.4. The van der Waals surface area contributed by atoms with Crippen molar-refractivity contribution in [2.75, 3.05) is 18.1 Å². The quantitative estimate of drug-likeness (QED) is 0.508.